The Labute approximate surface area is 200 Å². The molecule has 0 aliphatic carbocycles. The van der Waals surface area contributed by atoms with Gasteiger partial charge >= 0.3 is 6.18 Å². The maximum atomic E-state index is 13.1. The van der Waals surface area contributed by atoms with Gasteiger partial charge in [0.2, 0.25) is 5.91 Å². The molecular weight excluding hydrogens is 463 g/mol. The number of alkyl halides is 3. The number of rotatable bonds is 6. The molecule has 2 aromatic heterocycles. The van der Waals surface area contributed by atoms with E-state index in [1.165, 1.54) is 20.1 Å². The summed E-state index contributed by atoms with van der Waals surface area (Å²) < 4.78 is 46.3. The van der Waals surface area contributed by atoms with Crippen molar-refractivity contribution >= 4 is 22.6 Å². The molecule has 3 aromatic rings. The van der Waals surface area contributed by atoms with Crippen molar-refractivity contribution in [2.45, 2.75) is 26.1 Å². The van der Waals surface area contributed by atoms with Gasteiger partial charge in [-0.05, 0) is 37.7 Å². The number of pyridine rings is 1. The Morgan fingerprint density at radius 2 is 1.80 bits per heavy atom. The molecule has 186 valence electrons. The first-order valence-corrected chi connectivity index (χ1v) is 11.1. The van der Waals surface area contributed by atoms with E-state index in [-0.39, 0.29) is 24.6 Å². The zero-order valence-corrected chi connectivity index (χ0v) is 19.7. The maximum Gasteiger partial charge on any atom is 0.433 e. The maximum absolute atomic E-state index is 13.1. The number of fused-ring (bicyclic) bond motifs is 1. The number of carbonyl (C=O) groups excluding carboxylic acids is 2. The molecule has 1 aliphatic heterocycles. The summed E-state index contributed by atoms with van der Waals surface area (Å²) in [5.74, 6) is -0.209. The number of ketones is 1. The van der Waals surface area contributed by atoms with Gasteiger partial charge in [0, 0.05) is 55.8 Å². The standard InChI is InChI=1S/C24H26F3N5O3/c1-15-8-19(28-22(9-15)24(25,26)27)20(33)11-16-10-17-13-32(29-18(17)12-21(16)35-3)14-23(34)31-6-4-30(2)5-7-31/h8-10,12-13H,4-7,11,14H2,1-3H3. The normalized spacial score (nSPS) is 15.0. The number of carbonyl (C=O) groups is 2. The SMILES string of the molecule is COc1cc2nn(CC(=O)N3CCN(C)CC3)cc2cc1CC(=O)c1cc(C)cc(C(F)(F)F)n1. The molecule has 8 nitrogen and oxygen atoms in total. The van der Waals surface area contributed by atoms with Crippen LogP contribution in [0.25, 0.3) is 10.9 Å². The van der Waals surface area contributed by atoms with Gasteiger partial charge in [0.15, 0.2) is 5.78 Å². The van der Waals surface area contributed by atoms with E-state index in [0.717, 1.165) is 19.2 Å². The minimum atomic E-state index is -4.65. The van der Waals surface area contributed by atoms with Crippen molar-refractivity contribution in [3.05, 3.63) is 53.0 Å². The molecule has 0 bridgehead atoms. The number of nitrogens with zero attached hydrogens (tertiary/aromatic N) is 5. The van der Waals surface area contributed by atoms with Crippen LogP contribution in [0.5, 0.6) is 5.75 Å². The second-order valence-electron chi connectivity index (χ2n) is 8.75. The van der Waals surface area contributed by atoms with Gasteiger partial charge in [0.25, 0.3) is 0 Å². The number of aryl methyl sites for hydroxylation is 1. The van der Waals surface area contributed by atoms with Crippen molar-refractivity contribution in [3.8, 4) is 5.75 Å². The van der Waals surface area contributed by atoms with E-state index >= 15 is 0 Å². The Kier molecular flexibility index (Phi) is 6.79. The molecule has 0 saturated carbocycles. The third-order valence-corrected chi connectivity index (χ3v) is 6.00. The van der Waals surface area contributed by atoms with Crippen molar-refractivity contribution in [1.29, 1.82) is 0 Å². The van der Waals surface area contributed by atoms with Crippen LogP contribution in [0.3, 0.4) is 0 Å². The summed E-state index contributed by atoms with van der Waals surface area (Å²) in [4.78, 5) is 33.0. The van der Waals surface area contributed by atoms with E-state index in [2.05, 4.69) is 15.0 Å². The predicted molar refractivity (Wildman–Crippen MR) is 122 cm³/mol. The largest absolute Gasteiger partial charge is 0.496 e. The van der Waals surface area contributed by atoms with E-state index in [1.807, 2.05) is 7.05 Å². The van der Waals surface area contributed by atoms with Crippen LogP contribution in [-0.4, -0.2) is 76.6 Å². The fourth-order valence-corrected chi connectivity index (χ4v) is 4.07. The van der Waals surface area contributed by atoms with Crippen LogP contribution in [0.2, 0.25) is 0 Å². The smallest absolute Gasteiger partial charge is 0.433 e. The summed E-state index contributed by atoms with van der Waals surface area (Å²) in [5, 5.41) is 5.14. The summed E-state index contributed by atoms with van der Waals surface area (Å²) in [5.41, 5.74) is 0.0102. The Hall–Kier alpha value is -3.47. The average Bonchev–Trinajstić information content (AvgIpc) is 3.18. The molecule has 0 spiro atoms. The van der Waals surface area contributed by atoms with Crippen LogP contribution in [0.1, 0.15) is 27.3 Å². The van der Waals surface area contributed by atoms with E-state index < -0.39 is 17.7 Å². The number of methoxy groups -OCH3 is 1. The molecular formula is C24H26F3N5O3. The van der Waals surface area contributed by atoms with E-state index in [4.69, 9.17) is 4.74 Å². The number of likely N-dealkylation sites (N-methyl/N-ethyl adjacent to an activating group) is 1. The first-order chi connectivity index (χ1) is 16.5. The molecule has 1 aliphatic rings. The van der Waals surface area contributed by atoms with Gasteiger partial charge in [-0.2, -0.15) is 18.3 Å². The molecule has 0 atom stereocenters. The third kappa shape index (κ3) is 5.61. The molecule has 3 heterocycles. The molecule has 4 rings (SSSR count). The summed E-state index contributed by atoms with van der Waals surface area (Å²) in [7, 11) is 3.46. The van der Waals surface area contributed by atoms with Crippen LogP contribution < -0.4 is 4.74 Å². The van der Waals surface area contributed by atoms with Crippen molar-refractivity contribution < 1.29 is 27.5 Å². The first-order valence-electron chi connectivity index (χ1n) is 11.1. The fourth-order valence-electron chi connectivity index (χ4n) is 4.07. The van der Waals surface area contributed by atoms with Gasteiger partial charge in [-0.25, -0.2) is 4.98 Å². The van der Waals surface area contributed by atoms with Crippen molar-refractivity contribution in [2.24, 2.45) is 0 Å². The fraction of sp³-hybridized carbons (Fsp3) is 0.417. The number of aromatic nitrogens is 3. The van der Waals surface area contributed by atoms with Crippen LogP contribution in [-0.2, 0) is 23.9 Å². The molecule has 11 heteroatoms. The molecule has 0 N–H and O–H groups in total. The number of piperazine rings is 1. The van der Waals surface area contributed by atoms with Crippen molar-refractivity contribution in [2.75, 3.05) is 40.3 Å². The predicted octanol–water partition coefficient (Wildman–Crippen LogP) is 2.97. The highest BCUT2D eigenvalue weighted by Crippen LogP contribution is 2.30. The van der Waals surface area contributed by atoms with Crippen molar-refractivity contribution in [1.82, 2.24) is 24.6 Å². The molecule has 35 heavy (non-hydrogen) atoms. The second-order valence-corrected chi connectivity index (χ2v) is 8.75. The van der Waals surface area contributed by atoms with Crippen LogP contribution >= 0.6 is 0 Å². The molecule has 1 aromatic carbocycles. The average molecular weight is 489 g/mol. The molecule has 1 saturated heterocycles. The molecule has 1 amide bonds. The number of hydrogen-bond donors (Lipinski definition) is 0. The number of amides is 1. The molecule has 0 radical (unpaired) electrons. The number of hydrogen-bond acceptors (Lipinski definition) is 6. The Morgan fingerprint density at radius 3 is 2.46 bits per heavy atom. The van der Waals surface area contributed by atoms with Crippen LogP contribution in [0, 0.1) is 6.92 Å². The lowest BCUT2D eigenvalue weighted by molar-refractivity contribution is -0.141. The van der Waals surface area contributed by atoms with Gasteiger partial charge in [-0.3, -0.25) is 14.3 Å². The van der Waals surface area contributed by atoms with Gasteiger partial charge in [-0.15, -0.1) is 0 Å². The minimum absolute atomic E-state index is 0.0285. The summed E-state index contributed by atoms with van der Waals surface area (Å²) >= 11 is 0. The van der Waals surface area contributed by atoms with Crippen LogP contribution in [0.4, 0.5) is 13.2 Å². The number of ether oxygens (including phenoxy) is 1. The summed E-state index contributed by atoms with van der Waals surface area (Å²) in [6.07, 6.45) is -3.13. The molecule has 1 fully saturated rings. The van der Waals surface area contributed by atoms with Gasteiger partial charge in [0.05, 0.1) is 12.6 Å². The zero-order valence-electron chi connectivity index (χ0n) is 19.7. The number of benzene rings is 1. The van der Waals surface area contributed by atoms with E-state index in [9.17, 15) is 22.8 Å². The van der Waals surface area contributed by atoms with E-state index in [1.54, 1.807) is 27.9 Å². The number of Topliss-reactive ketones (excluding diaryl/α,β-unsaturated/α-hetero) is 1. The number of halogens is 3. The first kappa shape index (κ1) is 24.6. The highest BCUT2D eigenvalue weighted by molar-refractivity contribution is 5.97. The lowest BCUT2D eigenvalue weighted by Gasteiger charge is -2.32. The topological polar surface area (TPSA) is 80.6 Å². The Morgan fingerprint density at radius 1 is 1.09 bits per heavy atom. The zero-order chi connectivity index (χ0) is 25.3. The highest BCUT2D eigenvalue weighted by atomic mass is 19.4. The van der Waals surface area contributed by atoms with Gasteiger partial charge < -0.3 is 14.5 Å². The summed E-state index contributed by atoms with van der Waals surface area (Å²) in [6, 6.07) is 5.60. The van der Waals surface area contributed by atoms with E-state index in [0.29, 0.717) is 40.9 Å². The van der Waals surface area contributed by atoms with Crippen LogP contribution in [0.15, 0.2) is 30.5 Å². The lowest BCUT2D eigenvalue weighted by atomic mass is 10.0. The quantitative estimate of drug-likeness (QED) is 0.496. The summed E-state index contributed by atoms with van der Waals surface area (Å²) in [6.45, 7) is 4.54. The molecule has 0 unspecified atom stereocenters. The lowest BCUT2D eigenvalue weighted by Crippen LogP contribution is -2.48. The monoisotopic (exact) mass is 489 g/mol. The Balaban J connectivity index is 1.55. The Bertz CT molecular complexity index is 1260. The second kappa shape index (κ2) is 9.65. The minimum Gasteiger partial charge on any atom is -0.496 e. The third-order valence-electron chi connectivity index (χ3n) is 6.00. The van der Waals surface area contributed by atoms with Crippen molar-refractivity contribution in [3.63, 3.8) is 0 Å². The van der Waals surface area contributed by atoms with Gasteiger partial charge in [0.1, 0.15) is 23.7 Å². The van der Waals surface area contributed by atoms with Gasteiger partial charge in [-0.1, -0.05) is 0 Å². The highest BCUT2D eigenvalue weighted by Gasteiger charge is 2.33.